The number of hydrogen-bond acceptors (Lipinski definition) is 3. The van der Waals surface area contributed by atoms with Gasteiger partial charge >= 0.3 is 0 Å². The summed E-state index contributed by atoms with van der Waals surface area (Å²) >= 11 is 6.13. The van der Waals surface area contributed by atoms with Crippen molar-refractivity contribution >= 4 is 40.1 Å². The van der Waals surface area contributed by atoms with Crippen LogP contribution in [0, 0.1) is 0 Å². The van der Waals surface area contributed by atoms with Crippen LogP contribution in [-0.4, -0.2) is 22.7 Å². The lowest BCUT2D eigenvalue weighted by atomic mass is 9.95. The molecule has 2 aromatic rings. The molecule has 0 saturated heterocycles. The normalized spacial score (nSPS) is 13.6. The number of halogens is 1. The van der Waals surface area contributed by atoms with E-state index in [0.717, 1.165) is 5.01 Å². The third kappa shape index (κ3) is 2.14. The van der Waals surface area contributed by atoms with Crippen LogP contribution in [0.4, 0.5) is 0 Å². The van der Waals surface area contributed by atoms with Gasteiger partial charge in [0.05, 0.1) is 11.1 Å². The lowest BCUT2D eigenvalue weighted by Gasteiger charge is -2.27. The summed E-state index contributed by atoms with van der Waals surface area (Å²) in [6, 6.07) is 8.27. The molecule has 1 aliphatic rings. The summed E-state index contributed by atoms with van der Waals surface area (Å²) in [7, 11) is 0. The molecule has 3 rings (SSSR count). The van der Waals surface area contributed by atoms with Crippen LogP contribution < -0.4 is 5.43 Å². The molecule has 0 aliphatic carbocycles. The maximum atomic E-state index is 12.5. The van der Waals surface area contributed by atoms with Gasteiger partial charge in [0.2, 0.25) is 5.91 Å². The Labute approximate surface area is 131 Å². The minimum Gasteiger partial charge on any atom is -0.273 e. The molecule has 22 heavy (non-hydrogen) atoms. The molecule has 0 bridgehead atoms. The Morgan fingerprint density at radius 1 is 1.14 bits per heavy atom. The second-order valence-corrected chi connectivity index (χ2v) is 5.46. The summed E-state index contributed by atoms with van der Waals surface area (Å²) in [4.78, 5) is 36.8. The van der Waals surface area contributed by atoms with Crippen molar-refractivity contribution < 1.29 is 14.4 Å². The van der Waals surface area contributed by atoms with Crippen molar-refractivity contribution in [2.45, 2.75) is 19.8 Å². The van der Waals surface area contributed by atoms with Gasteiger partial charge in [-0.2, -0.15) is 5.01 Å². The van der Waals surface area contributed by atoms with Gasteiger partial charge in [-0.25, -0.2) is 0 Å². The van der Waals surface area contributed by atoms with Gasteiger partial charge in [-0.15, -0.1) is 0 Å². The maximum Gasteiger partial charge on any atom is 0.280 e. The van der Waals surface area contributed by atoms with Crippen molar-refractivity contribution in [3.63, 3.8) is 0 Å². The molecular formula is C16H13ClN2O3. The van der Waals surface area contributed by atoms with Crippen LogP contribution in [0.1, 0.15) is 40.5 Å². The van der Waals surface area contributed by atoms with Crippen LogP contribution in [0.25, 0.3) is 10.8 Å². The van der Waals surface area contributed by atoms with Gasteiger partial charge in [-0.1, -0.05) is 30.7 Å². The van der Waals surface area contributed by atoms with E-state index in [1.54, 1.807) is 30.3 Å². The largest absolute Gasteiger partial charge is 0.280 e. The number of imide groups is 1. The van der Waals surface area contributed by atoms with Crippen molar-refractivity contribution in [2.75, 3.05) is 0 Å². The van der Waals surface area contributed by atoms with E-state index in [1.807, 2.05) is 6.92 Å². The lowest BCUT2D eigenvalue weighted by Crippen LogP contribution is -2.51. The zero-order valence-corrected chi connectivity index (χ0v) is 12.6. The average Bonchev–Trinajstić information content (AvgIpc) is 2.51. The van der Waals surface area contributed by atoms with Crippen molar-refractivity contribution in [3.8, 4) is 0 Å². The molecule has 1 aliphatic heterocycles. The van der Waals surface area contributed by atoms with Crippen molar-refractivity contribution in [3.05, 3.63) is 46.5 Å². The molecule has 2 aromatic carbocycles. The molecule has 6 heteroatoms. The standard InChI is InChI=1S/C16H13ClN2O3/c1-2-4-13(20)18-19-15(21)10-6-3-5-9-12(17)8-7-11(14(9)10)16(19)22/h3,5-8H,2,4H2,1H3,(H,18,20). The molecule has 0 atom stereocenters. The maximum absolute atomic E-state index is 12.5. The highest BCUT2D eigenvalue weighted by Gasteiger charge is 2.34. The average molecular weight is 317 g/mol. The van der Waals surface area contributed by atoms with Crippen LogP contribution in [-0.2, 0) is 4.79 Å². The van der Waals surface area contributed by atoms with Crippen LogP contribution >= 0.6 is 11.6 Å². The number of nitrogens with one attached hydrogen (secondary N) is 1. The molecule has 0 saturated carbocycles. The predicted molar refractivity (Wildman–Crippen MR) is 82.5 cm³/mol. The first-order chi connectivity index (χ1) is 10.5. The number of amides is 3. The lowest BCUT2D eigenvalue weighted by molar-refractivity contribution is -0.124. The fourth-order valence-corrected chi connectivity index (χ4v) is 2.79. The van der Waals surface area contributed by atoms with E-state index in [2.05, 4.69) is 5.43 Å². The second-order valence-electron chi connectivity index (χ2n) is 5.05. The van der Waals surface area contributed by atoms with Crippen LogP contribution in [0.5, 0.6) is 0 Å². The Morgan fingerprint density at radius 3 is 2.50 bits per heavy atom. The SMILES string of the molecule is CCCC(=O)NN1C(=O)c2cccc3c(Cl)ccc(c23)C1=O. The fourth-order valence-electron chi connectivity index (χ4n) is 2.57. The predicted octanol–water partition coefficient (Wildman–Crippen LogP) is 2.92. The second kappa shape index (κ2) is 5.42. The Hall–Kier alpha value is -2.40. The zero-order valence-electron chi connectivity index (χ0n) is 11.9. The van der Waals surface area contributed by atoms with Gasteiger partial charge in [-0.05, 0) is 24.6 Å². The first-order valence-corrected chi connectivity index (χ1v) is 7.32. The molecule has 1 N–H and O–H groups in total. The van der Waals surface area contributed by atoms with E-state index in [-0.39, 0.29) is 12.3 Å². The first kappa shape index (κ1) is 14.5. The van der Waals surface area contributed by atoms with Gasteiger partial charge in [0.15, 0.2) is 0 Å². The Bertz CT molecular complexity index is 794. The van der Waals surface area contributed by atoms with Gasteiger partial charge in [0.1, 0.15) is 0 Å². The number of hydrogen-bond donors (Lipinski definition) is 1. The number of carbonyl (C=O) groups excluding carboxylic acids is 3. The zero-order chi connectivity index (χ0) is 15.9. The van der Waals surface area contributed by atoms with Crippen LogP contribution in [0.3, 0.4) is 0 Å². The van der Waals surface area contributed by atoms with E-state index in [1.165, 1.54) is 0 Å². The Morgan fingerprint density at radius 2 is 1.82 bits per heavy atom. The summed E-state index contributed by atoms with van der Waals surface area (Å²) in [6.45, 7) is 1.84. The summed E-state index contributed by atoms with van der Waals surface area (Å²) in [5.41, 5.74) is 3.09. The molecule has 1 heterocycles. The quantitative estimate of drug-likeness (QED) is 0.885. The van der Waals surface area contributed by atoms with Crippen molar-refractivity contribution in [1.82, 2.24) is 10.4 Å². The smallest absolute Gasteiger partial charge is 0.273 e. The van der Waals surface area contributed by atoms with Crippen LogP contribution in [0.2, 0.25) is 5.02 Å². The highest BCUT2D eigenvalue weighted by atomic mass is 35.5. The summed E-state index contributed by atoms with van der Waals surface area (Å²) in [5, 5.41) is 2.44. The molecule has 5 nitrogen and oxygen atoms in total. The number of rotatable bonds is 3. The molecule has 0 radical (unpaired) electrons. The summed E-state index contributed by atoms with van der Waals surface area (Å²) in [5.74, 6) is -1.46. The van der Waals surface area contributed by atoms with E-state index < -0.39 is 11.8 Å². The third-order valence-corrected chi connectivity index (χ3v) is 3.90. The Balaban J connectivity index is 2.13. The molecule has 0 fully saturated rings. The van der Waals surface area contributed by atoms with E-state index in [9.17, 15) is 14.4 Å². The molecule has 112 valence electrons. The monoisotopic (exact) mass is 316 g/mol. The van der Waals surface area contributed by atoms with Gasteiger partial charge in [0.25, 0.3) is 11.8 Å². The topological polar surface area (TPSA) is 66.5 Å². The third-order valence-electron chi connectivity index (χ3n) is 3.57. The molecular weight excluding hydrogens is 304 g/mol. The van der Waals surface area contributed by atoms with Crippen LogP contribution in [0.15, 0.2) is 30.3 Å². The van der Waals surface area contributed by atoms with E-state index in [4.69, 9.17) is 11.6 Å². The van der Waals surface area contributed by atoms with Crippen molar-refractivity contribution in [2.24, 2.45) is 0 Å². The highest BCUT2D eigenvalue weighted by Crippen LogP contribution is 2.33. The minimum atomic E-state index is -0.546. The molecule has 0 aromatic heterocycles. The molecule has 0 spiro atoms. The first-order valence-electron chi connectivity index (χ1n) is 6.94. The van der Waals surface area contributed by atoms with Gasteiger partial charge in [0, 0.05) is 22.2 Å². The Kier molecular flexibility index (Phi) is 3.58. The van der Waals surface area contributed by atoms with Gasteiger partial charge in [-0.3, -0.25) is 19.8 Å². The highest BCUT2D eigenvalue weighted by molar-refractivity contribution is 6.38. The number of hydrazine groups is 1. The summed E-state index contributed by atoms with van der Waals surface area (Å²) in [6.07, 6.45) is 0.874. The fraction of sp³-hybridized carbons (Fsp3) is 0.188. The van der Waals surface area contributed by atoms with E-state index in [0.29, 0.717) is 33.3 Å². The number of carbonyl (C=O) groups is 3. The van der Waals surface area contributed by atoms with E-state index >= 15 is 0 Å². The summed E-state index contributed by atoms with van der Waals surface area (Å²) < 4.78 is 0. The molecule has 0 unspecified atom stereocenters. The van der Waals surface area contributed by atoms with Crippen molar-refractivity contribution in [1.29, 1.82) is 0 Å². The molecule has 3 amide bonds. The minimum absolute atomic E-state index is 0.245. The number of benzene rings is 2. The van der Waals surface area contributed by atoms with Gasteiger partial charge < -0.3 is 0 Å². The number of nitrogens with zero attached hydrogens (tertiary/aromatic N) is 1.